The highest BCUT2D eigenvalue weighted by molar-refractivity contribution is 5.99. The number of methoxy groups -OCH3 is 2. The summed E-state index contributed by atoms with van der Waals surface area (Å²) in [5, 5.41) is 2.80. The fraction of sp³-hybridized carbons (Fsp3) is 0.786. The fourth-order valence-corrected chi connectivity index (χ4v) is 3.68. The van der Waals surface area contributed by atoms with Crippen LogP contribution in [0.4, 0.5) is 0 Å². The van der Waals surface area contributed by atoms with E-state index in [0.717, 1.165) is 0 Å². The van der Waals surface area contributed by atoms with Gasteiger partial charge >= 0.3 is 0 Å². The van der Waals surface area contributed by atoms with Gasteiger partial charge < -0.3 is 24.6 Å². The number of piperazine rings is 1. The van der Waals surface area contributed by atoms with Crippen LogP contribution in [-0.4, -0.2) is 85.7 Å². The number of carbonyl (C=O) groups is 3. The molecule has 3 fully saturated rings. The van der Waals surface area contributed by atoms with E-state index in [0.29, 0.717) is 25.9 Å². The maximum absolute atomic E-state index is 12.7. The van der Waals surface area contributed by atoms with Gasteiger partial charge in [-0.25, -0.2) is 0 Å². The van der Waals surface area contributed by atoms with Gasteiger partial charge in [0.1, 0.15) is 18.7 Å². The second-order valence-electron chi connectivity index (χ2n) is 5.97. The predicted molar refractivity (Wildman–Crippen MR) is 74.8 cm³/mol. The van der Waals surface area contributed by atoms with Gasteiger partial charge in [-0.05, 0) is 6.42 Å². The minimum absolute atomic E-state index is 0.0346. The van der Waals surface area contributed by atoms with Crippen LogP contribution < -0.4 is 5.32 Å². The van der Waals surface area contributed by atoms with Crippen molar-refractivity contribution in [3.8, 4) is 0 Å². The van der Waals surface area contributed by atoms with Crippen molar-refractivity contribution in [1.82, 2.24) is 15.1 Å². The van der Waals surface area contributed by atoms with Crippen molar-refractivity contribution in [3.05, 3.63) is 0 Å². The Kier molecular flexibility index (Phi) is 4.05. The number of rotatable bonds is 4. The molecule has 3 saturated heterocycles. The SMILES string of the molecule is COCC(=O)NC1CCN2C(=O)C3CC(OC)CN3C(=O)C12. The molecule has 0 aliphatic carbocycles. The molecule has 4 unspecified atom stereocenters. The first-order chi connectivity index (χ1) is 10.6. The topological polar surface area (TPSA) is 88.2 Å². The summed E-state index contributed by atoms with van der Waals surface area (Å²) in [7, 11) is 3.03. The zero-order valence-corrected chi connectivity index (χ0v) is 12.8. The van der Waals surface area contributed by atoms with E-state index >= 15 is 0 Å². The van der Waals surface area contributed by atoms with Gasteiger partial charge in [0.2, 0.25) is 17.7 Å². The lowest BCUT2D eigenvalue weighted by Gasteiger charge is -2.40. The van der Waals surface area contributed by atoms with E-state index in [1.165, 1.54) is 7.11 Å². The lowest BCUT2D eigenvalue weighted by molar-refractivity contribution is -0.157. The first-order valence-corrected chi connectivity index (χ1v) is 7.49. The van der Waals surface area contributed by atoms with Gasteiger partial charge in [-0.15, -0.1) is 0 Å². The fourth-order valence-electron chi connectivity index (χ4n) is 3.68. The van der Waals surface area contributed by atoms with Crippen LogP contribution >= 0.6 is 0 Å². The van der Waals surface area contributed by atoms with Crippen molar-refractivity contribution in [2.45, 2.75) is 37.1 Å². The summed E-state index contributed by atoms with van der Waals surface area (Å²) in [5.74, 6) is -0.398. The number of nitrogens with zero attached hydrogens (tertiary/aromatic N) is 2. The van der Waals surface area contributed by atoms with E-state index in [1.807, 2.05) is 0 Å². The highest BCUT2D eigenvalue weighted by Gasteiger charge is 2.55. The van der Waals surface area contributed by atoms with Crippen LogP contribution in [0.1, 0.15) is 12.8 Å². The molecule has 0 saturated carbocycles. The number of amides is 3. The van der Waals surface area contributed by atoms with Crippen molar-refractivity contribution >= 4 is 17.7 Å². The second kappa shape index (κ2) is 5.85. The molecule has 0 bridgehead atoms. The van der Waals surface area contributed by atoms with Gasteiger partial charge in [-0.1, -0.05) is 0 Å². The van der Waals surface area contributed by atoms with Crippen molar-refractivity contribution in [2.75, 3.05) is 33.9 Å². The zero-order chi connectivity index (χ0) is 15.9. The second-order valence-corrected chi connectivity index (χ2v) is 5.97. The Labute approximate surface area is 128 Å². The van der Waals surface area contributed by atoms with Gasteiger partial charge in [0.25, 0.3) is 0 Å². The highest BCUT2D eigenvalue weighted by Crippen LogP contribution is 2.33. The molecule has 3 aliphatic heterocycles. The summed E-state index contributed by atoms with van der Waals surface area (Å²) in [5.41, 5.74) is 0. The summed E-state index contributed by atoms with van der Waals surface area (Å²) in [6, 6.07) is -1.36. The van der Waals surface area contributed by atoms with E-state index in [1.54, 1.807) is 16.9 Å². The van der Waals surface area contributed by atoms with Crippen LogP contribution in [0.25, 0.3) is 0 Å². The molecular formula is C14H21N3O5. The molecule has 8 nitrogen and oxygen atoms in total. The number of hydrogen-bond acceptors (Lipinski definition) is 5. The molecule has 0 aromatic carbocycles. The molecule has 0 spiro atoms. The molecule has 8 heteroatoms. The van der Waals surface area contributed by atoms with Crippen LogP contribution in [0.15, 0.2) is 0 Å². The molecule has 0 aromatic heterocycles. The smallest absolute Gasteiger partial charge is 0.248 e. The average molecular weight is 311 g/mol. The largest absolute Gasteiger partial charge is 0.380 e. The average Bonchev–Trinajstić information content (AvgIpc) is 3.09. The van der Waals surface area contributed by atoms with E-state index in [9.17, 15) is 14.4 Å². The van der Waals surface area contributed by atoms with E-state index in [2.05, 4.69) is 5.32 Å². The first kappa shape index (κ1) is 15.2. The molecule has 3 rings (SSSR count). The van der Waals surface area contributed by atoms with Crippen molar-refractivity contribution < 1.29 is 23.9 Å². The molecule has 3 amide bonds. The molecule has 122 valence electrons. The summed E-state index contributed by atoms with van der Waals surface area (Å²) in [4.78, 5) is 40.3. The summed E-state index contributed by atoms with van der Waals surface area (Å²) in [6.45, 7) is 0.882. The maximum atomic E-state index is 12.7. The van der Waals surface area contributed by atoms with E-state index < -0.39 is 12.1 Å². The molecule has 22 heavy (non-hydrogen) atoms. The van der Waals surface area contributed by atoms with Gasteiger partial charge in [0.15, 0.2) is 0 Å². The minimum atomic E-state index is -0.597. The lowest BCUT2D eigenvalue weighted by Crippen LogP contribution is -2.64. The normalized spacial score (nSPS) is 33.9. The maximum Gasteiger partial charge on any atom is 0.248 e. The lowest BCUT2D eigenvalue weighted by atomic mass is 10.0. The number of nitrogens with one attached hydrogen (secondary N) is 1. The van der Waals surface area contributed by atoms with Crippen LogP contribution in [0, 0.1) is 0 Å². The third-order valence-corrected chi connectivity index (χ3v) is 4.72. The standard InChI is InChI=1S/C14H21N3O5/c1-21-7-11(18)15-9-3-4-16-12(9)14(20)17-6-8(22-2)5-10(17)13(16)19/h8-10,12H,3-7H2,1-2H3,(H,15,18). The summed E-state index contributed by atoms with van der Waals surface area (Å²) < 4.78 is 10.1. The van der Waals surface area contributed by atoms with Gasteiger partial charge in [-0.2, -0.15) is 0 Å². The molecule has 1 N–H and O–H groups in total. The third kappa shape index (κ3) is 2.36. The van der Waals surface area contributed by atoms with Crippen molar-refractivity contribution in [1.29, 1.82) is 0 Å². The van der Waals surface area contributed by atoms with Gasteiger partial charge in [-0.3, -0.25) is 14.4 Å². The minimum Gasteiger partial charge on any atom is -0.380 e. The van der Waals surface area contributed by atoms with Crippen LogP contribution in [0.3, 0.4) is 0 Å². The number of carbonyl (C=O) groups excluding carboxylic acids is 3. The van der Waals surface area contributed by atoms with Crippen molar-refractivity contribution in [3.63, 3.8) is 0 Å². The molecule has 0 radical (unpaired) electrons. The van der Waals surface area contributed by atoms with E-state index in [4.69, 9.17) is 9.47 Å². The van der Waals surface area contributed by atoms with Crippen LogP contribution in [0.5, 0.6) is 0 Å². The number of fused-ring (bicyclic) bond motifs is 2. The monoisotopic (exact) mass is 311 g/mol. The first-order valence-electron chi connectivity index (χ1n) is 7.49. The van der Waals surface area contributed by atoms with Crippen molar-refractivity contribution in [2.24, 2.45) is 0 Å². The summed E-state index contributed by atoms with van der Waals surface area (Å²) in [6.07, 6.45) is 1.04. The molecule has 4 atom stereocenters. The molecule has 3 heterocycles. The Morgan fingerprint density at radius 1 is 1.27 bits per heavy atom. The van der Waals surface area contributed by atoms with Crippen LogP contribution in [-0.2, 0) is 23.9 Å². The quantitative estimate of drug-likeness (QED) is 0.672. The third-order valence-electron chi connectivity index (χ3n) is 4.72. The number of hydrogen-bond donors (Lipinski definition) is 1. The Morgan fingerprint density at radius 2 is 2.05 bits per heavy atom. The van der Waals surface area contributed by atoms with Gasteiger partial charge in [0.05, 0.1) is 12.1 Å². The Balaban J connectivity index is 1.76. The Hall–Kier alpha value is -1.67. The highest BCUT2D eigenvalue weighted by atomic mass is 16.5. The number of ether oxygens (including phenoxy) is 2. The van der Waals surface area contributed by atoms with Gasteiger partial charge in [0, 0.05) is 33.7 Å². The van der Waals surface area contributed by atoms with E-state index in [-0.39, 0.29) is 36.5 Å². The predicted octanol–water partition coefficient (Wildman–Crippen LogP) is -1.65. The summed E-state index contributed by atoms with van der Waals surface area (Å²) >= 11 is 0. The zero-order valence-electron chi connectivity index (χ0n) is 12.8. The molecule has 3 aliphatic rings. The van der Waals surface area contributed by atoms with Crippen LogP contribution in [0.2, 0.25) is 0 Å². The Morgan fingerprint density at radius 3 is 2.73 bits per heavy atom. The molecular weight excluding hydrogens is 290 g/mol. The Bertz CT molecular complexity index is 497. The molecule has 0 aromatic rings.